The van der Waals surface area contributed by atoms with Gasteiger partial charge in [-0.15, -0.1) is 0 Å². The highest BCUT2D eigenvalue weighted by molar-refractivity contribution is 5.48. The fourth-order valence-electron chi connectivity index (χ4n) is 6.96. The van der Waals surface area contributed by atoms with E-state index in [-0.39, 0.29) is 12.2 Å². The van der Waals surface area contributed by atoms with E-state index in [1.165, 1.54) is 56.1 Å². The number of hydrogen-bond acceptors (Lipinski definition) is 2. The Kier molecular flexibility index (Phi) is 4.94. The summed E-state index contributed by atoms with van der Waals surface area (Å²) in [4.78, 5) is 0. The smallest absolute Gasteiger partial charge is 0.163 e. The van der Waals surface area contributed by atoms with E-state index in [0.717, 1.165) is 17.8 Å². The van der Waals surface area contributed by atoms with Gasteiger partial charge in [0.25, 0.3) is 0 Å². The van der Waals surface area contributed by atoms with Gasteiger partial charge in [0.15, 0.2) is 6.29 Å². The molecule has 26 heavy (non-hydrogen) atoms. The summed E-state index contributed by atoms with van der Waals surface area (Å²) in [5, 5.41) is 0. The first kappa shape index (κ1) is 18.5. The molecule has 2 nitrogen and oxygen atoms in total. The summed E-state index contributed by atoms with van der Waals surface area (Å²) in [7, 11) is 3.48. The van der Waals surface area contributed by atoms with E-state index >= 15 is 0 Å². The van der Waals surface area contributed by atoms with Gasteiger partial charge in [-0.2, -0.15) is 0 Å². The summed E-state index contributed by atoms with van der Waals surface area (Å²) >= 11 is 0. The van der Waals surface area contributed by atoms with Crippen molar-refractivity contribution in [3.8, 4) is 0 Å². The van der Waals surface area contributed by atoms with Crippen LogP contribution in [0.3, 0.4) is 0 Å². The molecule has 3 aliphatic carbocycles. The van der Waals surface area contributed by atoms with Gasteiger partial charge >= 0.3 is 0 Å². The Bertz CT molecular complexity index is 662. The van der Waals surface area contributed by atoms with Crippen molar-refractivity contribution in [1.29, 1.82) is 0 Å². The molecule has 0 saturated heterocycles. The zero-order chi connectivity index (χ0) is 18.5. The SMILES string of the molecule is COC(OC)[C@@H](C)c1ccc2c(c1C)CC1C2CCC2CCCC[C@@]21C. The van der Waals surface area contributed by atoms with Gasteiger partial charge in [0.2, 0.25) is 0 Å². The highest BCUT2D eigenvalue weighted by Gasteiger charge is 2.52. The molecule has 0 spiro atoms. The lowest BCUT2D eigenvalue weighted by molar-refractivity contribution is -0.115. The van der Waals surface area contributed by atoms with Crippen molar-refractivity contribution in [3.05, 3.63) is 34.4 Å². The van der Waals surface area contributed by atoms with E-state index in [9.17, 15) is 0 Å². The maximum absolute atomic E-state index is 5.55. The fourth-order valence-corrected chi connectivity index (χ4v) is 6.96. The number of hydrogen-bond donors (Lipinski definition) is 0. The van der Waals surface area contributed by atoms with Crippen LogP contribution in [0.5, 0.6) is 0 Å². The van der Waals surface area contributed by atoms with Crippen molar-refractivity contribution in [2.75, 3.05) is 14.2 Å². The van der Waals surface area contributed by atoms with Crippen molar-refractivity contribution in [1.82, 2.24) is 0 Å². The number of benzene rings is 1. The molecule has 0 radical (unpaired) electrons. The van der Waals surface area contributed by atoms with Gasteiger partial charge in [0.05, 0.1) is 0 Å². The Morgan fingerprint density at radius 1 is 1.08 bits per heavy atom. The van der Waals surface area contributed by atoms with Gasteiger partial charge in [0.1, 0.15) is 0 Å². The van der Waals surface area contributed by atoms with Crippen LogP contribution in [0.15, 0.2) is 12.1 Å². The van der Waals surface area contributed by atoms with Gasteiger partial charge in [-0.1, -0.05) is 38.8 Å². The predicted octanol–water partition coefficient (Wildman–Crippen LogP) is 5.96. The Hall–Kier alpha value is -0.860. The van der Waals surface area contributed by atoms with Crippen LogP contribution in [0.4, 0.5) is 0 Å². The fraction of sp³-hybridized carbons (Fsp3) is 0.750. The van der Waals surface area contributed by atoms with Crippen molar-refractivity contribution >= 4 is 0 Å². The average molecular weight is 357 g/mol. The summed E-state index contributed by atoms with van der Waals surface area (Å²) in [5.74, 6) is 2.89. The van der Waals surface area contributed by atoms with Gasteiger partial charge in [-0.3, -0.25) is 0 Å². The first-order valence-corrected chi connectivity index (χ1v) is 10.7. The third-order valence-electron chi connectivity index (χ3n) is 8.47. The second-order valence-corrected chi connectivity index (χ2v) is 9.42. The first-order chi connectivity index (χ1) is 12.5. The van der Waals surface area contributed by atoms with Gasteiger partial charge in [-0.05, 0) is 84.5 Å². The van der Waals surface area contributed by atoms with E-state index in [1.807, 2.05) is 0 Å². The highest BCUT2D eigenvalue weighted by atomic mass is 16.7. The highest BCUT2D eigenvalue weighted by Crippen LogP contribution is 2.62. The molecule has 144 valence electrons. The summed E-state index contributed by atoms with van der Waals surface area (Å²) < 4.78 is 11.1. The number of fused-ring (bicyclic) bond motifs is 5. The van der Waals surface area contributed by atoms with Gasteiger partial charge in [0, 0.05) is 20.1 Å². The molecule has 5 atom stereocenters. The molecule has 0 bridgehead atoms. The molecule has 1 aromatic carbocycles. The van der Waals surface area contributed by atoms with Crippen molar-refractivity contribution in [2.24, 2.45) is 17.3 Å². The number of rotatable bonds is 4. The monoisotopic (exact) mass is 356 g/mol. The van der Waals surface area contributed by atoms with E-state index in [2.05, 4.69) is 32.9 Å². The minimum atomic E-state index is -0.171. The van der Waals surface area contributed by atoms with Crippen LogP contribution < -0.4 is 0 Å². The summed E-state index contributed by atoms with van der Waals surface area (Å²) in [5.41, 5.74) is 6.80. The standard InChI is InChI=1S/C24H36O2/c1-15-18(16(2)23(25-4)26-5)11-12-19-20-10-9-17-8-6-7-13-24(17,3)22(20)14-21(15)19/h11-12,16-17,20,22-23H,6-10,13-14H2,1-5H3/t16-,17?,20?,22?,24-/m0/s1. The van der Waals surface area contributed by atoms with E-state index in [1.54, 1.807) is 25.3 Å². The first-order valence-electron chi connectivity index (χ1n) is 10.7. The minimum absolute atomic E-state index is 0.171. The molecule has 1 aromatic rings. The van der Waals surface area contributed by atoms with Crippen LogP contribution in [0.2, 0.25) is 0 Å². The van der Waals surface area contributed by atoms with Crippen molar-refractivity contribution < 1.29 is 9.47 Å². The molecule has 0 aromatic heterocycles. The summed E-state index contributed by atoms with van der Waals surface area (Å²) in [6.45, 7) is 7.20. The summed E-state index contributed by atoms with van der Waals surface area (Å²) in [6.07, 6.45) is 9.80. The normalized spacial score (nSPS) is 34.3. The third kappa shape index (κ3) is 2.67. The van der Waals surface area contributed by atoms with Crippen LogP contribution in [-0.4, -0.2) is 20.5 Å². The molecular weight excluding hydrogens is 320 g/mol. The molecule has 4 rings (SSSR count). The second kappa shape index (κ2) is 6.95. The predicted molar refractivity (Wildman–Crippen MR) is 107 cm³/mol. The van der Waals surface area contributed by atoms with Crippen LogP contribution in [0, 0.1) is 24.2 Å². The van der Waals surface area contributed by atoms with Gasteiger partial charge in [-0.25, -0.2) is 0 Å². The average Bonchev–Trinajstić information content (AvgIpc) is 3.03. The number of methoxy groups -OCH3 is 2. The Morgan fingerprint density at radius 3 is 2.58 bits per heavy atom. The second-order valence-electron chi connectivity index (χ2n) is 9.42. The molecule has 0 aliphatic heterocycles. The van der Waals surface area contributed by atoms with E-state index in [4.69, 9.17) is 9.47 Å². The third-order valence-corrected chi connectivity index (χ3v) is 8.47. The van der Waals surface area contributed by atoms with E-state index in [0.29, 0.717) is 5.41 Å². The van der Waals surface area contributed by atoms with Crippen molar-refractivity contribution in [2.45, 2.75) is 83.8 Å². The molecule has 0 N–H and O–H groups in total. The lowest BCUT2D eigenvalue weighted by Gasteiger charge is -2.52. The van der Waals surface area contributed by atoms with Gasteiger partial charge < -0.3 is 9.47 Å². The number of ether oxygens (including phenoxy) is 2. The molecule has 3 aliphatic rings. The maximum atomic E-state index is 5.55. The molecule has 3 unspecified atom stereocenters. The van der Waals surface area contributed by atoms with E-state index < -0.39 is 0 Å². The largest absolute Gasteiger partial charge is 0.355 e. The molecule has 2 fully saturated rings. The Morgan fingerprint density at radius 2 is 1.85 bits per heavy atom. The lowest BCUT2D eigenvalue weighted by atomic mass is 9.53. The van der Waals surface area contributed by atoms with Crippen LogP contribution in [0.1, 0.15) is 86.5 Å². The topological polar surface area (TPSA) is 18.5 Å². The van der Waals surface area contributed by atoms with Crippen molar-refractivity contribution in [3.63, 3.8) is 0 Å². The molecule has 2 heteroatoms. The Balaban J connectivity index is 1.68. The molecule has 2 saturated carbocycles. The zero-order valence-corrected chi connectivity index (χ0v) is 17.3. The molecule has 0 amide bonds. The molecule has 0 heterocycles. The van der Waals surface area contributed by atoms with Crippen LogP contribution in [0.25, 0.3) is 0 Å². The van der Waals surface area contributed by atoms with Crippen LogP contribution >= 0.6 is 0 Å². The minimum Gasteiger partial charge on any atom is -0.355 e. The molecular formula is C24H36O2. The maximum Gasteiger partial charge on any atom is 0.163 e. The van der Waals surface area contributed by atoms with Crippen LogP contribution in [-0.2, 0) is 15.9 Å². The lowest BCUT2D eigenvalue weighted by Crippen LogP contribution is -2.43. The quantitative estimate of drug-likeness (QED) is 0.619. The zero-order valence-electron chi connectivity index (χ0n) is 17.3. The summed E-state index contributed by atoms with van der Waals surface area (Å²) in [6, 6.07) is 4.81. The Labute approximate surface area is 159 Å².